The number of nitrogens with zero attached hydrogens (tertiary/aromatic N) is 1. The number of pyridine rings is 1. The van der Waals surface area contributed by atoms with Crippen LogP contribution in [0.25, 0.3) is 0 Å². The molecule has 0 saturated heterocycles. The van der Waals surface area contributed by atoms with Crippen LogP contribution in [0.5, 0.6) is 0 Å². The molecule has 1 heterocycles. The molecule has 2 rings (SSSR count). The van der Waals surface area contributed by atoms with Crippen molar-refractivity contribution in [3.8, 4) is 0 Å². The molecule has 1 aromatic heterocycles. The van der Waals surface area contributed by atoms with Gasteiger partial charge in [-0.2, -0.15) is 0 Å². The van der Waals surface area contributed by atoms with Crippen LogP contribution in [0.4, 0.5) is 5.82 Å². The van der Waals surface area contributed by atoms with E-state index in [2.05, 4.69) is 32.9 Å². The van der Waals surface area contributed by atoms with Gasteiger partial charge in [0.15, 0.2) is 5.82 Å². The number of amides is 1. The SMILES string of the molecule is O=C(Nc1ncccc1Cl)c1cccc(I)c1. The van der Waals surface area contributed by atoms with Gasteiger partial charge in [-0.15, -0.1) is 0 Å². The fraction of sp³-hybridized carbons (Fsp3) is 0. The molecule has 1 N–H and O–H groups in total. The molecule has 0 bridgehead atoms. The predicted octanol–water partition coefficient (Wildman–Crippen LogP) is 3.59. The summed E-state index contributed by atoms with van der Waals surface area (Å²) in [5.41, 5.74) is 0.582. The third-order valence-electron chi connectivity index (χ3n) is 2.08. The highest BCUT2D eigenvalue weighted by atomic mass is 127. The maximum Gasteiger partial charge on any atom is 0.256 e. The zero-order valence-electron chi connectivity index (χ0n) is 8.65. The van der Waals surface area contributed by atoms with Gasteiger partial charge in [-0.25, -0.2) is 4.98 Å². The average molecular weight is 359 g/mol. The molecule has 5 heteroatoms. The number of benzene rings is 1. The van der Waals surface area contributed by atoms with Crippen molar-refractivity contribution in [1.29, 1.82) is 0 Å². The lowest BCUT2D eigenvalue weighted by Crippen LogP contribution is -2.13. The summed E-state index contributed by atoms with van der Waals surface area (Å²) in [5, 5.41) is 3.09. The molecule has 86 valence electrons. The highest BCUT2D eigenvalue weighted by Crippen LogP contribution is 2.18. The summed E-state index contributed by atoms with van der Waals surface area (Å²) in [6.07, 6.45) is 1.58. The molecule has 1 amide bonds. The third-order valence-corrected chi connectivity index (χ3v) is 3.05. The van der Waals surface area contributed by atoms with E-state index in [1.54, 1.807) is 30.5 Å². The first-order valence-corrected chi connectivity index (χ1v) is 6.30. The Kier molecular flexibility index (Phi) is 3.96. The highest BCUT2D eigenvalue weighted by Gasteiger charge is 2.08. The predicted molar refractivity (Wildman–Crippen MR) is 76.4 cm³/mol. The van der Waals surface area contributed by atoms with Crippen LogP contribution in [0.1, 0.15) is 10.4 Å². The van der Waals surface area contributed by atoms with Crippen LogP contribution in [0.3, 0.4) is 0 Å². The monoisotopic (exact) mass is 358 g/mol. The van der Waals surface area contributed by atoms with Gasteiger partial charge in [0.1, 0.15) is 0 Å². The second-order valence-corrected chi connectivity index (χ2v) is 4.95. The van der Waals surface area contributed by atoms with Crippen molar-refractivity contribution < 1.29 is 4.79 Å². The van der Waals surface area contributed by atoms with Gasteiger partial charge >= 0.3 is 0 Å². The fourth-order valence-electron chi connectivity index (χ4n) is 1.29. The van der Waals surface area contributed by atoms with Gasteiger partial charge in [0.05, 0.1) is 5.02 Å². The zero-order chi connectivity index (χ0) is 12.3. The standard InChI is InChI=1S/C12H8ClIN2O/c13-10-5-2-6-15-11(10)16-12(17)8-3-1-4-9(14)7-8/h1-7H,(H,15,16,17). The number of halogens is 2. The number of nitrogens with one attached hydrogen (secondary N) is 1. The second kappa shape index (κ2) is 5.46. The molecule has 0 radical (unpaired) electrons. The van der Waals surface area contributed by atoms with E-state index in [4.69, 9.17) is 11.6 Å². The van der Waals surface area contributed by atoms with Crippen molar-refractivity contribution in [3.63, 3.8) is 0 Å². The van der Waals surface area contributed by atoms with E-state index < -0.39 is 0 Å². The van der Waals surface area contributed by atoms with Gasteiger partial charge in [0, 0.05) is 15.3 Å². The maximum atomic E-state index is 11.9. The van der Waals surface area contributed by atoms with E-state index in [9.17, 15) is 4.79 Å². The van der Waals surface area contributed by atoms with E-state index in [-0.39, 0.29) is 5.91 Å². The molecule has 0 aliphatic rings. The number of aromatic nitrogens is 1. The minimum Gasteiger partial charge on any atom is -0.305 e. The summed E-state index contributed by atoms with van der Waals surface area (Å²) in [6, 6.07) is 10.7. The van der Waals surface area contributed by atoms with Crippen molar-refractivity contribution in [2.24, 2.45) is 0 Å². The number of hydrogen-bond acceptors (Lipinski definition) is 2. The molecular weight excluding hydrogens is 351 g/mol. The maximum absolute atomic E-state index is 11.9. The lowest BCUT2D eigenvalue weighted by atomic mass is 10.2. The van der Waals surface area contributed by atoms with E-state index in [1.165, 1.54) is 0 Å². The van der Waals surface area contributed by atoms with Crippen molar-refractivity contribution in [3.05, 3.63) is 56.8 Å². The van der Waals surface area contributed by atoms with Gasteiger partial charge in [-0.1, -0.05) is 17.7 Å². The van der Waals surface area contributed by atoms with Crippen LogP contribution in [0, 0.1) is 3.57 Å². The molecule has 0 aliphatic heterocycles. The van der Waals surface area contributed by atoms with Crippen molar-refractivity contribution in [1.82, 2.24) is 4.98 Å². The first-order valence-electron chi connectivity index (χ1n) is 4.84. The van der Waals surface area contributed by atoms with Gasteiger partial charge in [0.25, 0.3) is 5.91 Å². The van der Waals surface area contributed by atoms with Crippen LogP contribution < -0.4 is 5.32 Å². The molecule has 0 saturated carbocycles. The smallest absolute Gasteiger partial charge is 0.256 e. The Labute approximate surface area is 117 Å². The number of rotatable bonds is 2. The third kappa shape index (κ3) is 3.17. The van der Waals surface area contributed by atoms with E-state index in [0.29, 0.717) is 16.4 Å². The molecule has 3 nitrogen and oxygen atoms in total. The van der Waals surface area contributed by atoms with Crippen LogP contribution >= 0.6 is 34.2 Å². The average Bonchev–Trinajstić information content (AvgIpc) is 2.32. The van der Waals surface area contributed by atoms with Crippen LogP contribution in [-0.4, -0.2) is 10.9 Å². The first kappa shape index (κ1) is 12.3. The molecule has 0 aliphatic carbocycles. The van der Waals surface area contributed by atoms with Crippen molar-refractivity contribution >= 4 is 45.9 Å². The molecule has 0 spiro atoms. The minimum atomic E-state index is -0.218. The van der Waals surface area contributed by atoms with Crippen molar-refractivity contribution in [2.45, 2.75) is 0 Å². The minimum absolute atomic E-state index is 0.218. The van der Waals surface area contributed by atoms with Gasteiger partial charge in [-0.05, 0) is 52.9 Å². The van der Waals surface area contributed by atoms with E-state index >= 15 is 0 Å². The Bertz CT molecular complexity index is 560. The molecular formula is C12H8ClIN2O. The Morgan fingerprint density at radius 1 is 1.29 bits per heavy atom. The zero-order valence-corrected chi connectivity index (χ0v) is 11.6. The van der Waals surface area contributed by atoms with Gasteiger partial charge < -0.3 is 5.32 Å². The topological polar surface area (TPSA) is 42.0 Å². The lowest BCUT2D eigenvalue weighted by molar-refractivity contribution is 0.102. The molecule has 1 aromatic carbocycles. The molecule has 2 aromatic rings. The largest absolute Gasteiger partial charge is 0.305 e. The number of hydrogen-bond donors (Lipinski definition) is 1. The van der Waals surface area contributed by atoms with Crippen LogP contribution in [0.2, 0.25) is 5.02 Å². The van der Waals surface area contributed by atoms with Crippen molar-refractivity contribution in [2.75, 3.05) is 5.32 Å². The number of anilines is 1. The molecule has 0 unspecified atom stereocenters. The summed E-state index contributed by atoms with van der Waals surface area (Å²) < 4.78 is 1.00. The Morgan fingerprint density at radius 3 is 2.82 bits per heavy atom. The summed E-state index contributed by atoms with van der Waals surface area (Å²) in [5.74, 6) is 0.155. The number of carbonyl (C=O) groups excluding carboxylic acids is 1. The first-order chi connectivity index (χ1) is 8.16. The Balaban J connectivity index is 2.20. The Morgan fingerprint density at radius 2 is 2.12 bits per heavy atom. The summed E-state index contributed by atoms with van der Waals surface area (Å²) in [7, 11) is 0. The van der Waals surface area contributed by atoms with E-state index in [0.717, 1.165) is 3.57 Å². The normalized spacial score (nSPS) is 10.0. The molecule has 0 atom stereocenters. The molecule has 17 heavy (non-hydrogen) atoms. The summed E-state index contributed by atoms with van der Waals surface area (Å²) >= 11 is 8.06. The summed E-state index contributed by atoms with van der Waals surface area (Å²) in [6.45, 7) is 0. The van der Waals surface area contributed by atoms with E-state index in [1.807, 2.05) is 12.1 Å². The lowest BCUT2D eigenvalue weighted by Gasteiger charge is -2.05. The fourth-order valence-corrected chi connectivity index (χ4v) is 2.00. The second-order valence-electron chi connectivity index (χ2n) is 3.30. The molecule has 0 fully saturated rings. The van der Waals surface area contributed by atoms with Gasteiger partial charge in [0.2, 0.25) is 0 Å². The number of carbonyl (C=O) groups is 1. The summed E-state index contributed by atoms with van der Waals surface area (Å²) in [4.78, 5) is 15.9. The quantitative estimate of drug-likeness (QED) is 0.834. The Hall–Kier alpha value is -1.14. The van der Waals surface area contributed by atoms with Crippen LogP contribution in [-0.2, 0) is 0 Å². The highest BCUT2D eigenvalue weighted by molar-refractivity contribution is 14.1. The van der Waals surface area contributed by atoms with Crippen LogP contribution in [0.15, 0.2) is 42.6 Å². The van der Waals surface area contributed by atoms with Gasteiger partial charge in [-0.3, -0.25) is 4.79 Å².